The standard InChI is InChI=1S/C17H32F4O5S2/c1-2-3-4-5-6-7-8-9-10-11-12-27(22,23)13-14-28(24,25)26-15-17(20,21)16(18)19/h16H,2-15H2,1H3. The Kier molecular flexibility index (Phi) is 13.5. The van der Waals surface area contributed by atoms with Crippen LogP contribution < -0.4 is 0 Å². The fourth-order valence-corrected chi connectivity index (χ4v) is 5.57. The summed E-state index contributed by atoms with van der Waals surface area (Å²) >= 11 is 0. The minimum absolute atomic E-state index is 0.202. The zero-order valence-corrected chi connectivity index (χ0v) is 18.0. The van der Waals surface area contributed by atoms with Gasteiger partial charge < -0.3 is 0 Å². The lowest BCUT2D eigenvalue weighted by molar-refractivity contribution is -0.147. The average molecular weight is 457 g/mol. The van der Waals surface area contributed by atoms with Crippen LogP contribution in [0.4, 0.5) is 17.6 Å². The molecule has 0 spiro atoms. The first-order valence-electron chi connectivity index (χ1n) is 9.65. The highest BCUT2D eigenvalue weighted by Gasteiger charge is 2.42. The van der Waals surface area contributed by atoms with Gasteiger partial charge in [0.2, 0.25) is 0 Å². The molecule has 0 aliphatic heterocycles. The van der Waals surface area contributed by atoms with Crippen LogP contribution in [0.2, 0.25) is 0 Å². The predicted octanol–water partition coefficient (Wildman–Crippen LogP) is 4.57. The normalized spacial score (nSPS) is 13.4. The molecule has 0 unspecified atom stereocenters. The maximum atomic E-state index is 12.7. The highest BCUT2D eigenvalue weighted by atomic mass is 32.2. The van der Waals surface area contributed by atoms with Gasteiger partial charge >= 0.3 is 12.3 Å². The molecule has 0 aliphatic carbocycles. The zero-order valence-electron chi connectivity index (χ0n) is 16.3. The molecule has 11 heteroatoms. The van der Waals surface area contributed by atoms with Crippen molar-refractivity contribution >= 4 is 20.0 Å². The number of unbranched alkanes of at least 4 members (excludes halogenated alkanes) is 9. The fourth-order valence-electron chi connectivity index (χ4n) is 2.43. The lowest BCUT2D eigenvalue weighted by Crippen LogP contribution is -2.34. The van der Waals surface area contributed by atoms with E-state index < -0.39 is 50.4 Å². The van der Waals surface area contributed by atoms with Gasteiger partial charge in [-0.2, -0.15) is 17.2 Å². The van der Waals surface area contributed by atoms with Crippen molar-refractivity contribution in [1.82, 2.24) is 0 Å². The Morgan fingerprint density at radius 3 is 1.68 bits per heavy atom. The number of hydrogen-bond donors (Lipinski definition) is 0. The van der Waals surface area contributed by atoms with Crippen molar-refractivity contribution < 1.29 is 38.6 Å². The summed E-state index contributed by atoms with van der Waals surface area (Å²) in [4.78, 5) is 0. The van der Waals surface area contributed by atoms with Crippen molar-refractivity contribution in [2.75, 3.05) is 23.9 Å². The Bertz CT molecular complexity index is 607. The molecule has 0 rings (SSSR count). The largest absolute Gasteiger partial charge is 0.331 e. The van der Waals surface area contributed by atoms with Crippen LogP contribution in [-0.4, -0.2) is 53.0 Å². The smallest absolute Gasteiger partial charge is 0.263 e. The molecule has 0 radical (unpaired) electrons. The van der Waals surface area contributed by atoms with Gasteiger partial charge in [-0.3, -0.25) is 4.18 Å². The molecule has 0 heterocycles. The summed E-state index contributed by atoms with van der Waals surface area (Å²) in [5.74, 6) is -6.63. The second kappa shape index (κ2) is 13.7. The molecule has 0 saturated carbocycles. The Hall–Kier alpha value is -0.420. The van der Waals surface area contributed by atoms with Gasteiger partial charge in [-0.05, 0) is 6.42 Å². The van der Waals surface area contributed by atoms with E-state index in [1.807, 2.05) is 0 Å². The van der Waals surface area contributed by atoms with E-state index in [-0.39, 0.29) is 5.75 Å². The molecule has 0 amide bonds. The number of alkyl halides is 4. The van der Waals surface area contributed by atoms with Gasteiger partial charge in [0.25, 0.3) is 10.1 Å². The molecular formula is C17H32F4O5S2. The third-order valence-electron chi connectivity index (χ3n) is 4.20. The summed E-state index contributed by atoms with van der Waals surface area (Å²) in [5, 5.41) is 0. The molecule has 0 bridgehead atoms. The molecule has 0 N–H and O–H groups in total. The van der Waals surface area contributed by atoms with Gasteiger partial charge in [-0.25, -0.2) is 17.2 Å². The van der Waals surface area contributed by atoms with E-state index in [9.17, 15) is 34.4 Å². The van der Waals surface area contributed by atoms with Crippen LogP contribution in [0.3, 0.4) is 0 Å². The van der Waals surface area contributed by atoms with E-state index in [2.05, 4.69) is 11.1 Å². The van der Waals surface area contributed by atoms with Crippen LogP contribution in [0.1, 0.15) is 71.1 Å². The first kappa shape index (κ1) is 27.6. The van der Waals surface area contributed by atoms with Crippen LogP contribution in [-0.2, 0) is 24.1 Å². The predicted molar refractivity (Wildman–Crippen MR) is 101 cm³/mol. The van der Waals surface area contributed by atoms with Gasteiger partial charge in [0, 0.05) is 0 Å². The van der Waals surface area contributed by atoms with Gasteiger partial charge in [-0.1, -0.05) is 64.7 Å². The van der Waals surface area contributed by atoms with Crippen molar-refractivity contribution in [3.8, 4) is 0 Å². The van der Waals surface area contributed by atoms with Crippen LogP contribution in [0.5, 0.6) is 0 Å². The van der Waals surface area contributed by atoms with Crippen molar-refractivity contribution in [3.05, 3.63) is 0 Å². The molecular weight excluding hydrogens is 424 g/mol. The molecule has 28 heavy (non-hydrogen) atoms. The van der Waals surface area contributed by atoms with Gasteiger partial charge in [0.15, 0.2) is 9.84 Å². The lowest BCUT2D eigenvalue weighted by Gasteiger charge is -2.14. The van der Waals surface area contributed by atoms with Crippen molar-refractivity contribution in [3.63, 3.8) is 0 Å². The Balaban J connectivity index is 3.96. The number of sulfone groups is 1. The molecule has 0 aromatic rings. The number of rotatable bonds is 18. The van der Waals surface area contributed by atoms with E-state index in [1.165, 1.54) is 32.1 Å². The minimum Gasteiger partial charge on any atom is -0.263 e. The third kappa shape index (κ3) is 14.6. The third-order valence-corrected chi connectivity index (χ3v) is 7.38. The zero-order chi connectivity index (χ0) is 21.7. The average Bonchev–Trinajstić information content (AvgIpc) is 2.60. The molecule has 0 aromatic heterocycles. The SMILES string of the molecule is CCCCCCCCCCCCS(=O)(=O)CCS(=O)(=O)OCC(F)(F)C(F)F. The van der Waals surface area contributed by atoms with E-state index >= 15 is 0 Å². The molecule has 0 aromatic carbocycles. The molecule has 0 fully saturated rings. The van der Waals surface area contributed by atoms with E-state index in [0.717, 1.165) is 19.3 Å². The number of hydrogen-bond acceptors (Lipinski definition) is 5. The summed E-state index contributed by atoms with van der Waals surface area (Å²) < 4.78 is 99.6. The molecule has 170 valence electrons. The van der Waals surface area contributed by atoms with Gasteiger partial charge in [-0.15, -0.1) is 0 Å². The van der Waals surface area contributed by atoms with Crippen molar-refractivity contribution in [2.24, 2.45) is 0 Å². The summed E-state index contributed by atoms with van der Waals surface area (Å²) in [6, 6.07) is 0. The Morgan fingerprint density at radius 1 is 0.750 bits per heavy atom. The van der Waals surface area contributed by atoms with Gasteiger partial charge in [0.1, 0.15) is 6.61 Å². The molecule has 0 aliphatic rings. The maximum Gasteiger partial charge on any atom is 0.331 e. The highest BCUT2D eigenvalue weighted by molar-refractivity contribution is 7.93. The van der Waals surface area contributed by atoms with Crippen molar-refractivity contribution in [1.29, 1.82) is 0 Å². The summed E-state index contributed by atoms with van der Waals surface area (Å²) in [7, 11) is -8.31. The van der Waals surface area contributed by atoms with Crippen LogP contribution >= 0.6 is 0 Å². The quantitative estimate of drug-likeness (QED) is 0.172. The van der Waals surface area contributed by atoms with Crippen LogP contribution in [0, 0.1) is 0 Å². The van der Waals surface area contributed by atoms with E-state index in [4.69, 9.17) is 0 Å². The Morgan fingerprint density at radius 2 is 1.21 bits per heavy atom. The summed E-state index contributed by atoms with van der Waals surface area (Å²) in [5.41, 5.74) is 0. The van der Waals surface area contributed by atoms with Crippen molar-refractivity contribution in [2.45, 2.75) is 83.5 Å². The van der Waals surface area contributed by atoms with Crippen LogP contribution in [0.25, 0.3) is 0 Å². The topological polar surface area (TPSA) is 77.5 Å². The first-order chi connectivity index (χ1) is 12.9. The van der Waals surface area contributed by atoms with E-state index in [0.29, 0.717) is 12.8 Å². The highest BCUT2D eigenvalue weighted by Crippen LogP contribution is 2.23. The minimum atomic E-state index is -4.63. The monoisotopic (exact) mass is 456 g/mol. The first-order valence-corrected chi connectivity index (χ1v) is 13.1. The molecule has 0 atom stereocenters. The lowest BCUT2D eigenvalue weighted by atomic mass is 10.1. The second-order valence-electron chi connectivity index (χ2n) is 6.92. The number of halogens is 4. The van der Waals surface area contributed by atoms with Gasteiger partial charge in [0.05, 0.1) is 17.3 Å². The summed E-state index contributed by atoms with van der Waals surface area (Å²) in [6.07, 6.45) is 6.11. The molecule has 5 nitrogen and oxygen atoms in total. The Labute approximate surface area is 166 Å². The second-order valence-corrected chi connectivity index (χ2v) is 11.0. The van der Waals surface area contributed by atoms with Crippen LogP contribution in [0.15, 0.2) is 0 Å². The fraction of sp³-hybridized carbons (Fsp3) is 1.00. The summed E-state index contributed by atoms with van der Waals surface area (Å²) in [6.45, 7) is 0.147. The molecule has 0 saturated heterocycles. The maximum absolute atomic E-state index is 12.7. The van der Waals surface area contributed by atoms with E-state index in [1.54, 1.807) is 0 Å².